The van der Waals surface area contributed by atoms with Crippen LogP contribution in [0.2, 0.25) is 0 Å². The highest BCUT2D eigenvalue weighted by atomic mass is 19.3. The molecular weight excluding hydrogens is 622 g/mol. The van der Waals surface area contributed by atoms with Crippen LogP contribution in [0.15, 0.2) is 85.5 Å². The van der Waals surface area contributed by atoms with Crippen molar-refractivity contribution in [2.75, 3.05) is 13.2 Å². The first-order chi connectivity index (χ1) is 21.8. The van der Waals surface area contributed by atoms with Crippen LogP contribution in [0.4, 0.5) is 26.3 Å². The third-order valence-electron chi connectivity index (χ3n) is 7.08. The summed E-state index contributed by atoms with van der Waals surface area (Å²) in [6.45, 7) is -1.70. The molecule has 1 N–H and O–H groups in total. The van der Waals surface area contributed by atoms with E-state index < -0.39 is 72.8 Å². The minimum atomic E-state index is -4.41. The zero-order valence-corrected chi connectivity index (χ0v) is 24.2. The first-order valence-electron chi connectivity index (χ1n) is 13.7. The normalized spacial score (nSPS) is 13.6. The zero-order chi connectivity index (χ0) is 33.5. The van der Waals surface area contributed by atoms with Crippen molar-refractivity contribution >= 4 is 11.9 Å². The number of amides is 1. The number of esters is 1. The summed E-state index contributed by atoms with van der Waals surface area (Å²) in [6, 6.07) is 14.0. The molecule has 0 fully saturated rings. The quantitative estimate of drug-likeness (QED) is 0.151. The molecule has 244 valence electrons. The number of aromatic nitrogens is 3. The largest absolute Gasteiger partial charge is 0.487 e. The van der Waals surface area contributed by atoms with Crippen LogP contribution < -0.4 is 4.74 Å². The van der Waals surface area contributed by atoms with E-state index in [1.54, 1.807) is 30.3 Å². The summed E-state index contributed by atoms with van der Waals surface area (Å²) in [7, 11) is 0. The molecule has 3 aromatic carbocycles. The van der Waals surface area contributed by atoms with E-state index >= 15 is 4.39 Å². The maximum atomic E-state index is 15.2. The number of aliphatic hydroxyl groups is 1. The van der Waals surface area contributed by atoms with Crippen LogP contribution in [0.25, 0.3) is 0 Å². The number of hydrogen-bond donors (Lipinski definition) is 1. The van der Waals surface area contributed by atoms with Crippen molar-refractivity contribution < 1.29 is 50.5 Å². The van der Waals surface area contributed by atoms with Crippen molar-refractivity contribution in [2.45, 2.75) is 44.1 Å². The third kappa shape index (κ3) is 8.21. The number of ether oxygens (including phenoxy) is 2. The minimum Gasteiger partial charge on any atom is -0.487 e. The van der Waals surface area contributed by atoms with E-state index in [4.69, 9.17) is 9.47 Å². The van der Waals surface area contributed by atoms with E-state index in [0.29, 0.717) is 11.6 Å². The number of nitrogens with zero attached hydrogens (tertiary/aromatic N) is 4. The van der Waals surface area contributed by atoms with Crippen LogP contribution in [-0.2, 0) is 28.3 Å². The summed E-state index contributed by atoms with van der Waals surface area (Å²) in [5, 5.41) is 16.0. The lowest BCUT2D eigenvalue weighted by Crippen LogP contribution is -2.55. The highest BCUT2D eigenvalue weighted by Gasteiger charge is 2.45. The summed E-state index contributed by atoms with van der Waals surface area (Å²) in [5.41, 5.74) is -2.26. The van der Waals surface area contributed by atoms with Gasteiger partial charge in [-0.1, -0.05) is 36.4 Å². The van der Waals surface area contributed by atoms with Gasteiger partial charge in [0.05, 0.1) is 12.6 Å². The highest BCUT2D eigenvalue weighted by molar-refractivity contribution is 5.96. The SMILES string of the molecule is C[C@@H](N(CC(=O)OCc1ccccc1)C(=O)c1ccc(OCC(F)(F)C(F)F)cc1)[C@](O)(Cn1cncn1)c1ccc(F)cc1F. The summed E-state index contributed by atoms with van der Waals surface area (Å²) in [5.74, 6) is -8.53. The standard InChI is InChI=1S/C31H28F6N4O5/c1-20(30(44,16-40-19-38-18-39-40)25-12-9-23(32)13-26(25)33)41(14-27(42)45-15-21-5-3-2-4-6-21)28(43)22-7-10-24(11-8-22)46-17-31(36,37)29(34)35/h2-13,18-20,29,44H,14-17H2,1H3/t20-,30-/m1/s1. The topological polar surface area (TPSA) is 107 Å². The Hall–Kier alpha value is -4.92. The Bertz CT molecular complexity index is 1610. The van der Waals surface area contributed by atoms with Gasteiger partial charge >= 0.3 is 18.3 Å². The second-order valence-corrected chi connectivity index (χ2v) is 10.3. The number of carbonyl (C=O) groups excluding carboxylic acids is 2. The fourth-order valence-electron chi connectivity index (χ4n) is 4.51. The maximum absolute atomic E-state index is 15.2. The molecule has 0 radical (unpaired) electrons. The number of alkyl halides is 4. The van der Waals surface area contributed by atoms with Gasteiger partial charge in [-0.3, -0.25) is 9.59 Å². The average Bonchev–Trinajstić information content (AvgIpc) is 3.54. The molecule has 0 bridgehead atoms. The summed E-state index contributed by atoms with van der Waals surface area (Å²) in [6.07, 6.45) is -1.58. The molecule has 0 saturated heterocycles. The molecule has 1 aromatic heterocycles. The fourth-order valence-corrected chi connectivity index (χ4v) is 4.51. The van der Waals surface area contributed by atoms with E-state index in [9.17, 15) is 36.6 Å². The molecule has 4 aromatic rings. The van der Waals surface area contributed by atoms with Gasteiger partial charge in [0.1, 0.15) is 48.8 Å². The van der Waals surface area contributed by atoms with Gasteiger partial charge in [0.15, 0.2) is 6.61 Å². The Labute approximate surface area is 259 Å². The first kappa shape index (κ1) is 34.0. The minimum absolute atomic E-state index is 0.140. The predicted molar refractivity (Wildman–Crippen MR) is 150 cm³/mol. The zero-order valence-electron chi connectivity index (χ0n) is 24.2. The fraction of sp³-hybridized carbons (Fsp3) is 0.290. The third-order valence-corrected chi connectivity index (χ3v) is 7.08. The van der Waals surface area contributed by atoms with Crippen molar-refractivity contribution in [1.82, 2.24) is 19.7 Å². The molecule has 9 nitrogen and oxygen atoms in total. The van der Waals surface area contributed by atoms with Crippen molar-refractivity contribution in [2.24, 2.45) is 0 Å². The summed E-state index contributed by atoms with van der Waals surface area (Å²) >= 11 is 0. The highest BCUT2D eigenvalue weighted by Crippen LogP contribution is 2.34. The molecule has 4 rings (SSSR count). The van der Waals surface area contributed by atoms with E-state index in [1.807, 2.05) is 0 Å². The molecule has 0 spiro atoms. The average molecular weight is 651 g/mol. The van der Waals surface area contributed by atoms with Gasteiger partial charge in [-0.15, -0.1) is 0 Å². The molecule has 0 aliphatic heterocycles. The van der Waals surface area contributed by atoms with Crippen molar-refractivity contribution in [3.8, 4) is 5.75 Å². The van der Waals surface area contributed by atoms with Gasteiger partial charge in [0.25, 0.3) is 5.91 Å². The number of benzene rings is 3. The van der Waals surface area contributed by atoms with Crippen LogP contribution in [0.5, 0.6) is 5.75 Å². The molecule has 0 aliphatic carbocycles. The van der Waals surface area contributed by atoms with E-state index in [0.717, 1.165) is 52.3 Å². The van der Waals surface area contributed by atoms with Crippen molar-refractivity contribution in [3.05, 3.63) is 114 Å². The Morgan fingerprint density at radius 2 is 1.72 bits per heavy atom. The van der Waals surface area contributed by atoms with Crippen molar-refractivity contribution in [3.63, 3.8) is 0 Å². The van der Waals surface area contributed by atoms with Gasteiger partial charge in [0.2, 0.25) is 0 Å². The Balaban J connectivity index is 1.67. The number of halogens is 6. The van der Waals surface area contributed by atoms with Crippen LogP contribution in [-0.4, -0.2) is 68.2 Å². The van der Waals surface area contributed by atoms with Gasteiger partial charge in [0, 0.05) is 17.2 Å². The molecule has 1 amide bonds. The second-order valence-electron chi connectivity index (χ2n) is 10.3. The maximum Gasteiger partial charge on any atom is 0.340 e. The number of carbonyl (C=O) groups is 2. The lowest BCUT2D eigenvalue weighted by Gasteiger charge is -2.41. The molecule has 2 atom stereocenters. The number of hydrogen-bond acceptors (Lipinski definition) is 7. The van der Waals surface area contributed by atoms with Gasteiger partial charge in [-0.2, -0.15) is 13.9 Å². The molecule has 0 aliphatic rings. The smallest absolute Gasteiger partial charge is 0.340 e. The number of rotatable bonds is 14. The first-order valence-corrected chi connectivity index (χ1v) is 13.7. The predicted octanol–water partition coefficient (Wildman–Crippen LogP) is 5.00. The Morgan fingerprint density at radius 3 is 2.33 bits per heavy atom. The van der Waals surface area contributed by atoms with Crippen LogP contribution in [0, 0.1) is 11.6 Å². The summed E-state index contributed by atoms with van der Waals surface area (Å²) < 4.78 is 91.9. The lowest BCUT2D eigenvalue weighted by atomic mass is 9.85. The van der Waals surface area contributed by atoms with Crippen LogP contribution >= 0.6 is 0 Å². The Morgan fingerprint density at radius 1 is 1.02 bits per heavy atom. The monoisotopic (exact) mass is 650 g/mol. The molecule has 0 saturated carbocycles. The molecule has 15 heteroatoms. The van der Waals surface area contributed by atoms with Gasteiger partial charge in [-0.25, -0.2) is 27.2 Å². The van der Waals surface area contributed by atoms with Gasteiger partial charge < -0.3 is 19.5 Å². The molecule has 0 unspecified atom stereocenters. The molecule has 1 heterocycles. The molecule has 46 heavy (non-hydrogen) atoms. The van der Waals surface area contributed by atoms with E-state index in [2.05, 4.69) is 10.1 Å². The van der Waals surface area contributed by atoms with Crippen LogP contribution in [0.1, 0.15) is 28.4 Å². The Kier molecular flexibility index (Phi) is 10.7. The van der Waals surface area contributed by atoms with Crippen LogP contribution in [0.3, 0.4) is 0 Å². The van der Waals surface area contributed by atoms with E-state index in [-0.39, 0.29) is 17.9 Å². The second kappa shape index (κ2) is 14.5. The summed E-state index contributed by atoms with van der Waals surface area (Å²) in [4.78, 5) is 31.6. The van der Waals surface area contributed by atoms with Crippen molar-refractivity contribution in [1.29, 1.82) is 0 Å². The van der Waals surface area contributed by atoms with E-state index in [1.165, 1.54) is 13.3 Å². The van der Waals surface area contributed by atoms with Gasteiger partial charge in [-0.05, 0) is 42.8 Å². The lowest BCUT2D eigenvalue weighted by molar-refractivity contribution is -0.148. The molecular formula is C31H28F6N4O5.